The number of nitrogens with one attached hydrogen (secondary N) is 2. The summed E-state index contributed by atoms with van der Waals surface area (Å²) in [7, 11) is 0. The summed E-state index contributed by atoms with van der Waals surface area (Å²) in [6.07, 6.45) is 11.0. The van der Waals surface area contributed by atoms with E-state index in [1.807, 2.05) is 6.92 Å². The Bertz CT molecular complexity index is 1150. The van der Waals surface area contributed by atoms with Gasteiger partial charge >= 0.3 is 5.97 Å². The predicted octanol–water partition coefficient (Wildman–Crippen LogP) is 3.91. The van der Waals surface area contributed by atoms with Crippen LogP contribution in [0.1, 0.15) is 105 Å². The largest absolute Gasteiger partial charge is 0.480 e. The first-order valence-corrected chi connectivity index (χ1v) is 15.7. The van der Waals surface area contributed by atoms with Crippen LogP contribution in [0.3, 0.4) is 0 Å². The van der Waals surface area contributed by atoms with E-state index < -0.39 is 35.5 Å². The molecule has 4 rings (SSSR count). The molecule has 0 aromatic heterocycles. The molecule has 10 nitrogen and oxygen atoms in total. The van der Waals surface area contributed by atoms with Gasteiger partial charge in [0.25, 0.3) is 5.91 Å². The molecule has 10 heteroatoms. The number of ketones is 1. The average molecular weight is 588 g/mol. The molecule has 0 unspecified atom stereocenters. The minimum Gasteiger partial charge on any atom is -0.480 e. The van der Waals surface area contributed by atoms with E-state index in [9.17, 15) is 29.4 Å². The first-order chi connectivity index (χ1) is 19.8. The summed E-state index contributed by atoms with van der Waals surface area (Å²) < 4.78 is 0. The van der Waals surface area contributed by atoms with Gasteiger partial charge in [0.1, 0.15) is 17.7 Å². The Balaban J connectivity index is 1.32. The Labute approximate surface area is 249 Å². The maximum atomic E-state index is 12.5. The monoisotopic (exact) mass is 587 g/mol. The Morgan fingerprint density at radius 2 is 1.79 bits per heavy atom. The maximum Gasteiger partial charge on any atom is 0.326 e. The molecule has 0 spiro atoms. The van der Waals surface area contributed by atoms with Gasteiger partial charge in [0.05, 0.1) is 5.71 Å². The number of hydrogen-bond donors (Lipinski definition) is 4. The summed E-state index contributed by atoms with van der Waals surface area (Å²) in [6.45, 7) is 9.14. The lowest BCUT2D eigenvalue weighted by Gasteiger charge is -2.59. The summed E-state index contributed by atoms with van der Waals surface area (Å²) in [4.78, 5) is 54.0. The number of rotatable bonds is 11. The summed E-state index contributed by atoms with van der Waals surface area (Å²) in [5.74, 6) is -0.895. The normalized spacial score (nSPS) is 36.0. The molecule has 0 aliphatic heterocycles. The van der Waals surface area contributed by atoms with E-state index in [1.54, 1.807) is 6.92 Å². The van der Waals surface area contributed by atoms with Crippen molar-refractivity contribution in [2.24, 2.45) is 33.7 Å². The number of oxime groups is 1. The van der Waals surface area contributed by atoms with Gasteiger partial charge in [-0.25, -0.2) is 4.79 Å². The third kappa shape index (κ3) is 5.88. The third-order valence-corrected chi connectivity index (χ3v) is 11.3. The quantitative estimate of drug-likeness (QED) is 0.267. The van der Waals surface area contributed by atoms with Crippen molar-refractivity contribution in [3.8, 4) is 0 Å². The number of carbonyl (C=O) groups is 4. The Morgan fingerprint density at radius 3 is 2.45 bits per heavy atom. The van der Waals surface area contributed by atoms with Crippen LogP contribution in [0.4, 0.5) is 0 Å². The fraction of sp³-hybridized carbons (Fsp3) is 0.781. The van der Waals surface area contributed by atoms with Gasteiger partial charge in [-0.05, 0) is 101 Å². The number of carbonyl (C=O) groups excluding carboxylic acids is 3. The number of aliphatic hydroxyl groups is 1. The number of amides is 2. The summed E-state index contributed by atoms with van der Waals surface area (Å²) in [5.41, 5.74) is 0.662. The van der Waals surface area contributed by atoms with E-state index in [-0.39, 0.29) is 23.2 Å². The number of aliphatic carboxylic acids is 1. The van der Waals surface area contributed by atoms with Gasteiger partial charge in [0.15, 0.2) is 12.4 Å². The van der Waals surface area contributed by atoms with Crippen molar-refractivity contribution in [3.63, 3.8) is 0 Å². The zero-order chi connectivity index (χ0) is 30.9. The van der Waals surface area contributed by atoms with E-state index in [1.165, 1.54) is 12.5 Å². The number of Topliss-reactive ketones (excluding diaryl/α,β-unsaturated/α-hetero) is 1. The third-order valence-electron chi connectivity index (χ3n) is 11.3. The highest BCUT2D eigenvalue weighted by atomic mass is 16.6. The molecule has 234 valence electrons. The van der Waals surface area contributed by atoms with E-state index in [0.717, 1.165) is 57.1 Å². The molecule has 4 N–H and O–H groups in total. The Hall–Kier alpha value is -2.75. The van der Waals surface area contributed by atoms with Crippen LogP contribution >= 0.6 is 0 Å². The van der Waals surface area contributed by atoms with E-state index in [2.05, 4.69) is 35.7 Å². The molecular weight excluding hydrogens is 538 g/mol. The molecule has 2 amide bonds. The van der Waals surface area contributed by atoms with E-state index in [4.69, 9.17) is 4.84 Å². The molecule has 0 saturated heterocycles. The molecule has 3 fully saturated rings. The van der Waals surface area contributed by atoms with Gasteiger partial charge < -0.3 is 25.7 Å². The standard InChI is InChI=1S/C32H49N3O7/c1-6-7-8-26(29(39)40)34-28(38)19(2)33-27(37)18-42-35-22-11-14-30(4)21(17-22)9-10-23-24(30)12-15-31(5)25(23)13-16-32(31,41)20(3)36/h17,19,23-26,41H,6-16,18H2,1-5H3,(H,33,37)(H,34,38)(H,39,40)/t19-,23+,24-,25-,26-,30-,31-,32-/m0/s1. The first-order valence-electron chi connectivity index (χ1n) is 15.7. The lowest BCUT2D eigenvalue weighted by molar-refractivity contribution is -0.159. The molecule has 0 aromatic rings. The van der Waals surface area contributed by atoms with E-state index >= 15 is 0 Å². The lowest BCUT2D eigenvalue weighted by Crippen LogP contribution is -2.57. The minimum atomic E-state index is -1.20. The number of hydrogen-bond acceptors (Lipinski definition) is 7. The zero-order valence-corrected chi connectivity index (χ0v) is 25.8. The van der Waals surface area contributed by atoms with Crippen molar-refractivity contribution >= 4 is 29.3 Å². The molecule has 8 atom stereocenters. The van der Waals surface area contributed by atoms with Crippen molar-refractivity contribution in [2.45, 2.75) is 123 Å². The van der Waals surface area contributed by atoms with Gasteiger partial charge in [-0.3, -0.25) is 14.4 Å². The van der Waals surface area contributed by atoms with Crippen LogP contribution in [0.5, 0.6) is 0 Å². The summed E-state index contributed by atoms with van der Waals surface area (Å²) in [6, 6.07) is -1.90. The van der Waals surface area contributed by atoms with Crippen molar-refractivity contribution in [1.29, 1.82) is 0 Å². The fourth-order valence-electron chi connectivity index (χ4n) is 8.72. The van der Waals surface area contributed by atoms with Crippen LogP contribution in [0.2, 0.25) is 0 Å². The van der Waals surface area contributed by atoms with Gasteiger partial charge in [-0.15, -0.1) is 0 Å². The highest BCUT2D eigenvalue weighted by Gasteiger charge is 2.65. The average Bonchev–Trinajstić information content (AvgIpc) is 3.22. The van der Waals surface area contributed by atoms with Crippen LogP contribution in [-0.4, -0.2) is 63.8 Å². The smallest absolute Gasteiger partial charge is 0.326 e. The molecule has 0 bridgehead atoms. The first kappa shape index (κ1) is 32.2. The summed E-state index contributed by atoms with van der Waals surface area (Å²) >= 11 is 0. The van der Waals surface area contributed by atoms with Gasteiger partial charge in [-0.2, -0.15) is 0 Å². The summed E-state index contributed by atoms with van der Waals surface area (Å²) in [5, 5.41) is 29.9. The maximum absolute atomic E-state index is 12.5. The van der Waals surface area contributed by atoms with Crippen LogP contribution in [-0.2, 0) is 24.0 Å². The molecule has 0 heterocycles. The number of fused-ring (bicyclic) bond motifs is 5. The highest BCUT2D eigenvalue weighted by Crippen LogP contribution is 2.67. The molecule has 0 radical (unpaired) electrons. The second-order valence-electron chi connectivity index (χ2n) is 13.6. The predicted molar refractivity (Wildman–Crippen MR) is 157 cm³/mol. The van der Waals surface area contributed by atoms with Crippen molar-refractivity contribution in [3.05, 3.63) is 11.6 Å². The zero-order valence-electron chi connectivity index (χ0n) is 25.8. The van der Waals surface area contributed by atoms with Gasteiger partial charge in [-0.1, -0.05) is 44.3 Å². The Morgan fingerprint density at radius 1 is 1.07 bits per heavy atom. The molecule has 4 aliphatic carbocycles. The van der Waals surface area contributed by atoms with Gasteiger partial charge in [0, 0.05) is 5.41 Å². The number of carboxylic acid groups (broad SMARTS) is 1. The minimum absolute atomic E-state index is 0.0469. The number of allylic oxidation sites excluding steroid dienone is 2. The number of nitrogens with zero attached hydrogens (tertiary/aromatic N) is 1. The second-order valence-corrected chi connectivity index (χ2v) is 13.6. The van der Waals surface area contributed by atoms with Crippen LogP contribution in [0.25, 0.3) is 0 Å². The van der Waals surface area contributed by atoms with Crippen LogP contribution in [0.15, 0.2) is 16.8 Å². The fourth-order valence-corrected chi connectivity index (χ4v) is 8.72. The van der Waals surface area contributed by atoms with Gasteiger partial charge in [0.2, 0.25) is 5.91 Å². The highest BCUT2D eigenvalue weighted by molar-refractivity contribution is 5.96. The second kappa shape index (κ2) is 12.5. The molecular formula is C32H49N3O7. The number of carboxylic acids is 1. The molecule has 42 heavy (non-hydrogen) atoms. The molecule has 3 saturated carbocycles. The van der Waals surface area contributed by atoms with Crippen LogP contribution < -0.4 is 10.6 Å². The van der Waals surface area contributed by atoms with Crippen LogP contribution in [0, 0.1) is 28.6 Å². The number of unbranched alkanes of at least 4 members (excludes halogenated alkanes) is 1. The molecule has 0 aromatic carbocycles. The van der Waals surface area contributed by atoms with Crippen molar-refractivity contribution < 1.29 is 34.2 Å². The van der Waals surface area contributed by atoms with Crippen molar-refractivity contribution in [1.82, 2.24) is 10.6 Å². The SMILES string of the molecule is CCCC[C@H](NC(=O)[C@H](C)NC(=O)CON=C1C=C2CC[C@@H]3[C@H](CC[C@@]4(C)[C@H]3CC[C@]4(O)C(C)=O)[C@@]2(C)CC1)C(=O)O. The molecule has 4 aliphatic rings. The van der Waals surface area contributed by atoms with E-state index in [0.29, 0.717) is 37.0 Å². The topological polar surface area (TPSA) is 154 Å². The Kier molecular flexibility index (Phi) is 9.55. The van der Waals surface area contributed by atoms with Crippen molar-refractivity contribution in [2.75, 3.05) is 6.61 Å². The lowest BCUT2D eigenvalue weighted by atomic mass is 9.46.